The number of fused-ring (bicyclic) bond motifs is 7. The van der Waals surface area contributed by atoms with Crippen molar-refractivity contribution in [2.24, 2.45) is 0 Å². The fourth-order valence-corrected chi connectivity index (χ4v) is 7.30. The first kappa shape index (κ1) is 28.3. The van der Waals surface area contributed by atoms with Gasteiger partial charge in [-0.2, -0.15) is 0 Å². The van der Waals surface area contributed by atoms with E-state index in [1.165, 1.54) is 5.39 Å². The van der Waals surface area contributed by atoms with Crippen LogP contribution in [0, 0.1) is 0 Å². The summed E-state index contributed by atoms with van der Waals surface area (Å²) in [5, 5.41) is 4.51. The van der Waals surface area contributed by atoms with Crippen LogP contribution in [0.4, 0.5) is 0 Å². The van der Waals surface area contributed by atoms with E-state index >= 15 is 0 Å². The highest BCUT2D eigenvalue weighted by atomic mass is 16.3. The molecule has 10 aromatic rings. The van der Waals surface area contributed by atoms with Gasteiger partial charge in [0.1, 0.15) is 11.2 Å². The van der Waals surface area contributed by atoms with Crippen LogP contribution in [-0.4, -0.2) is 14.5 Å². The highest BCUT2D eigenvalue weighted by Gasteiger charge is 2.20. The zero-order valence-corrected chi connectivity index (χ0v) is 27.0. The van der Waals surface area contributed by atoms with Crippen molar-refractivity contribution in [2.75, 3.05) is 0 Å². The molecular formula is C46H29N3O. The number of benzene rings is 7. The van der Waals surface area contributed by atoms with Gasteiger partial charge in [-0.25, -0.2) is 9.97 Å². The molecule has 0 spiro atoms. The highest BCUT2D eigenvalue weighted by Crippen LogP contribution is 2.43. The summed E-state index contributed by atoms with van der Waals surface area (Å²) in [5.41, 5.74) is 12.1. The third kappa shape index (κ3) is 4.54. The summed E-state index contributed by atoms with van der Waals surface area (Å²) in [5.74, 6) is 0.699. The van der Waals surface area contributed by atoms with Crippen LogP contribution < -0.4 is 0 Å². The van der Waals surface area contributed by atoms with Gasteiger partial charge >= 0.3 is 0 Å². The molecule has 0 unspecified atom stereocenters. The van der Waals surface area contributed by atoms with Gasteiger partial charge in [-0.1, -0.05) is 133 Å². The first-order valence-corrected chi connectivity index (χ1v) is 16.8. The van der Waals surface area contributed by atoms with Crippen molar-refractivity contribution in [3.63, 3.8) is 0 Å². The summed E-state index contributed by atoms with van der Waals surface area (Å²) >= 11 is 0. The first-order valence-electron chi connectivity index (χ1n) is 16.8. The molecule has 234 valence electrons. The molecule has 0 amide bonds. The molecule has 0 saturated carbocycles. The molecule has 4 nitrogen and oxygen atoms in total. The second-order valence-corrected chi connectivity index (χ2v) is 12.6. The van der Waals surface area contributed by atoms with Crippen molar-refractivity contribution in [3.8, 4) is 50.7 Å². The summed E-state index contributed by atoms with van der Waals surface area (Å²) in [7, 11) is 0. The summed E-state index contributed by atoms with van der Waals surface area (Å²) < 4.78 is 9.30. The van der Waals surface area contributed by atoms with E-state index in [2.05, 4.69) is 144 Å². The molecule has 3 aromatic heterocycles. The standard InChI is InChI=1S/C46H29N3O/c1-4-14-30(15-5-1)39-29-40(48-46(47-39)31-16-6-2-7-17-31)33-19-12-18-32(28-33)35-23-13-24-36-37-26-27-42-43(45(37)50-44(35)36)38-22-10-11-25-41(38)49(42)34-20-8-3-9-21-34/h1-29H. The SMILES string of the molecule is c1ccc(-c2cc(-c3cccc(-c4cccc5c4oc4c5ccc5c4c4ccccc4n5-c4ccccc4)c3)nc(-c3ccccc3)n2)cc1. The smallest absolute Gasteiger partial charge is 0.160 e. The Hall–Kier alpha value is -6.78. The zero-order valence-electron chi connectivity index (χ0n) is 27.0. The maximum atomic E-state index is 6.97. The normalized spacial score (nSPS) is 11.6. The van der Waals surface area contributed by atoms with Crippen molar-refractivity contribution in [2.45, 2.75) is 0 Å². The van der Waals surface area contributed by atoms with Crippen molar-refractivity contribution in [3.05, 3.63) is 176 Å². The maximum absolute atomic E-state index is 6.97. The molecule has 0 aliphatic heterocycles. The molecule has 0 aliphatic carbocycles. The van der Waals surface area contributed by atoms with Crippen molar-refractivity contribution in [1.82, 2.24) is 14.5 Å². The average molecular weight is 640 g/mol. The average Bonchev–Trinajstić information content (AvgIpc) is 3.75. The van der Waals surface area contributed by atoms with Crippen LogP contribution in [0.1, 0.15) is 0 Å². The van der Waals surface area contributed by atoms with E-state index in [4.69, 9.17) is 14.4 Å². The van der Waals surface area contributed by atoms with Crippen LogP contribution >= 0.6 is 0 Å². The first-order chi connectivity index (χ1) is 24.8. The molecule has 3 heterocycles. The predicted molar refractivity (Wildman–Crippen MR) is 205 cm³/mol. The monoisotopic (exact) mass is 639 g/mol. The molecule has 0 fully saturated rings. The molecule has 7 aromatic carbocycles. The van der Waals surface area contributed by atoms with E-state index in [9.17, 15) is 0 Å². The molecule has 0 bridgehead atoms. The van der Waals surface area contributed by atoms with Gasteiger partial charge in [0.05, 0.1) is 27.8 Å². The second-order valence-electron chi connectivity index (χ2n) is 12.6. The molecule has 0 N–H and O–H groups in total. The third-order valence-electron chi connectivity index (χ3n) is 9.61. The topological polar surface area (TPSA) is 43.9 Å². The van der Waals surface area contributed by atoms with Gasteiger partial charge < -0.3 is 8.98 Å². The lowest BCUT2D eigenvalue weighted by molar-refractivity contribution is 0.674. The van der Waals surface area contributed by atoms with Crippen LogP contribution in [0.25, 0.3) is 94.5 Å². The van der Waals surface area contributed by atoms with Crippen molar-refractivity contribution in [1.29, 1.82) is 0 Å². The Morgan fingerprint density at radius 2 is 1.00 bits per heavy atom. The summed E-state index contributed by atoms with van der Waals surface area (Å²) in [6.07, 6.45) is 0. The van der Waals surface area contributed by atoms with E-state index in [1.54, 1.807) is 0 Å². The maximum Gasteiger partial charge on any atom is 0.160 e. The van der Waals surface area contributed by atoms with Gasteiger partial charge in [0.25, 0.3) is 0 Å². The predicted octanol–water partition coefficient (Wildman–Crippen LogP) is 12.1. The highest BCUT2D eigenvalue weighted by molar-refractivity contribution is 6.24. The Morgan fingerprint density at radius 1 is 0.400 bits per heavy atom. The molecule has 0 atom stereocenters. The van der Waals surface area contributed by atoms with Crippen LogP contribution in [0.3, 0.4) is 0 Å². The molecule has 50 heavy (non-hydrogen) atoms. The van der Waals surface area contributed by atoms with Gasteiger partial charge in [-0.05, 0) is 48.0 Å². The Labute approximate surface area is 288 Å². The van der Waals surface area contributed by atoms with Crippen LogP contribution in [0.15, 0.2) is 180 Å². The number of nitrogens with zero attached hydrogens (tertiary/aromatic N) is 3. The van der Waals surface area contributed by atoms with Crippen LogP contribution in [-0.2, 0) is 0 Å². The minimum atomic E-state index is 0.699. The van der Waals surface area contributed by atoms with Crippen molar-refractivity contribution >= 4 is 43.7 Å². The van der Waals surface area contributed by atoms with Gasteiger partial charge in [0, 0.05) is 44.1 Å². The van der Waals surface area contributed by atoms with Crippen molar-refractivity contribution < 1.29 is 4.42 Å². The number of para-hydroxylation sites is 3. The summed E-state index contributed by atoms with van der Waals surface area (Å²) in [4.78, 5) is 10.1. The Kier molecular flexibility index (Phi) is 6.46. The van der Waals surface area contributed by atoms with E-state index in [1.807, 2.05) is 36.4 Å². The van der Waals surface area contributed by atoms with Gasteiger partial charge in [-0.3, -0.25) is 0 Å². The quantitative estimate of drug-likeness (QED) is 0.188. The third-order valence-corrected chi connectivity index (χ3v) is 9.61. The molecule has 0 saturated heterocycles. The molecule has 0 radical (unpaired) electrons. The number of hydrogen-bond donors (Lipinski definition) is 0. The fraction of sp³-hybridized carbons (Fsp3) is 0. The number of aromatic nitrogens is 3. The molecule has 0 aliphatic rings. The van der Waals surface area contributed by atoms with Gasteiger partial charge in [0.2, 0.25) is 0 Å². The van der Waals surface area contributed by atoms with E-state index in [0.717, 1.165) is 83.3 Å². The van der Waals surface area contributed by atoms with E-state index < -0.39 is 0 Å². The zero-order chi connectivity index (χ0) is 33.0. The molecule has 4 heteroatoms. The Morgan fingerprint density at radius 3 is 1.80 bits per heavy atom. The summed E-state index contributed by atoms with van der Waals surface area (Å²) in [6, 6.07) is 61.2. The number of hydrogen-bond acceptors (Lipinski definition) is 3. The lowest BCUT2D eigenvalue weighted by Gasteiger charge is -2.11. The summed E-state index contributed by atoms with van der Waals surface area (Å²) in [6.45, 7) is 0. The lowest BCUT2D eigenvalue weighted by atomic mass is 9.98. The lowest BCUT2D eigenvalue weighted by Crippen LogP contribution is -1.96. The van der Waals surface area contributed by atoms with Crippen LogP contribution in [0.2, 0.25) is 0 Å². The number of furan rings is 1. The minimum absolute atomic E-state index is 0.699. The Bertz CT molecular complexity index is 2800. The fourth-order valence-electron chi connectivity index (χ4n) is 7.30. The largest absolute Gasteiger partial charge is 0.455 e. The minimum Gasteiger partial charge on any atom is -0.455 e. The van der Waals surface area contributed by atoms with E-state index in [0.29, 0.717) is 5.82 Å². The van der Waals surface area contributed by atoms with E-state index in [-0.39, 0.29) is 0 Å². The van der Waals surface area contributed by atoms with Crippen LogP contribution in [0.5, 0.6) is 0 Å². The van der Waals surface area contributed by atoms with Gasteiger partial charge in [0.15, 0.2) is 5.82 Å². The second kappa shape index (κ2) is 11.4. The Balaban J connectivity index is 1.16. The molecule has 10 rings (SSSR count). The number of rotatable bonds is 5. The van der Waals surface area contributed by atoms with Gasteiger partial charge in [-0.15, -0.1) is 0 Å². The molecular weight excluding hydrogens is 611 g/mol.